The maximum atomic E-state index is 12.4. The Morgan fingerprint density at radius 2 is 2.05 bits per heavy atom. The molecule has 0 aliphatic rings. The Morgan fingerprint density at radius 1 is 1.32 bits per heavy atom. The number of carbonyl (C=O) groups excluding carboxylic acids is 2. The van der Waals surface area contributed by atoms with Crippen molar-refractivity contribution in [2.45, 2.75) is 6.92 Å². The topological polar surface area (TPSA) is 103 Å². The second-order valence-electron chi connectivity index (χ2n) is 4.92. The molecule has 7 heteroatoms. The zero-order valence-electron chi connectivity index (χ0n) is 12.1. The van der Waals surface area contributed by atoms with Crippen LogP contribution in [0.15, 0.2) is 34.7 Å². The Bertz CT molecular complexity index is 891. The first-order valence-electron chi connectivity index (χ1n) is 6.60. The Labute approximate surface area is 125 Å². The van der Waals surface area contributed by atoms with Crippen molar-refractivity contribution in [1.82, 2.24) is 9.78 Å². The highest BCUT2D eigenvalue weighted by Crippen LogP contribution is 2.30. The van der Waals surface area contributed by atoms with Gasteiger partial charge in [-0.2, -0.15) is 5.10 Å². The van der Waals surface area contributed by atoms with Crippen LogP contribution in [0.1, 0.15) is 26.7 Å². The summed E-state index contributed by atoms with van der Waals surface area (Å²) in [5, 5.41) is 7.43. The summed E-state index contributed by atoms with van der Waals surface area (Å²) >= 11 is 0. The van der Waals surface area contributed by atoms with Crippen LogP contribution < -0.4 is 11.1 Å². The predicted molar refractivity (Wildman–Crippen MR) is 80.6 cm³/mol. The van der Waals surface area contributed by atoms with E-state index in [1.807, 2.05) is 0 Å². The number of nitrogens with one attached hydrogen (secondary N) is 1. The molecule has 0 aliphatic carbocycles. The summed E-state index contributed by atoms with van der Waals surface area (Å²) < 4.78 is 6.89. The van der Waals surface area contributed by atoms with Gasteiger partial charge < -0.3 is 15.5 Å². The molecule has 22 heavy (non-hydrogen) atoms. The van der Waals surface area contributed by atoms with E-state index in [-0.39, 0.29) is 11.4 Å². The molecule has 0 fully saturated rings. The van der Waals surface area contributed by atoms with Crippen LogP contribution >= 0.6 is 0 Å². The lowest BCUT2D eigenvalue weighted by Gasteiger charge is -2.05. The number of furan rings is 1. The van der Waals surface area contributed by atoms with Crippen molar-refractivity contribution in [3.8, 4) is 0 Å². The number of aromatic nitrogens is 2. The molecule has 2 aromatic heterocycles. The third-order valence-corrected chi connectivity index (χ3v) is 3.29. The van der Waals surface area contributed by atoms with E-state index in [4.69, 9.17) is 10.2 Å². The van der Waals surface area contributed by atoms with Crippen LogP contribution in [0.25, 0.3) is 11.0 Å². The first-order valence-corrected chi connectivity index (χ1v) is 6.60. The largest absolute Gasteiger partial charge is 0.449 e. The minimum atomic E-state index is -0.743. The summed E-state index contributed by atoms with van der Waals surface area (Å²) in [6.07, 6.45) is 0. The zero-order chi connectivity index (χ0) is 15.9. The van der Waals surface area contributed by atoms with Gasteiger partial charge in [0.2, 0.25) is 5.76 Å². The molecule has 3 rings (SSSR count). The fraction of sp³-hybridized carbons (Fsp3) is 0.133. The van der Waals surface area contributed by atoms with Crippen LogP contribution in [0.5, 0.6) is 0 Å². The van der Waals surface area contributed by atoms with Crippen molar-refractivity contribution in [3.05, 3.63) is 47.5 Å². The normalized spacial score (nSPS) is 10.8. The first-order chi connectivity index (χ1) is 10.5. The number of hydrogen-bond donors (Lipinski definition) is 2. The average Bonchev–Trinajstić information content (AvgIpc) is 3.00. The number of primary amides is 1. The van der Waals surface area contributed by atoms with E-state index in [2.05, 4.69) is 10.4 Å². The number of nitrogens with two attached hydrogens (primary N) is 1. The number of aryl methyl sites for hydroxylation is 2. The van der Waals surface area contributed by atoms with Crippen LogP contribution in [0.3, 0.4) is 0 Å². The molecule has 0 aliphatic heterocycles. The van der Waals surface area contributed by atoms with E-state index in [1.165, 1.54) is 4.68 Å². The molecule has 3 N–H and O–H groups in total. The minimum Gasteiger partial charge on any atom is -0.449 e. The summed E-state index contributed by atoms with van der Waals surface area (Å²) in [5.74, 6) is -1.21. The smallest absolute Gasteiger partial charge is 0.286 e. The van der Waals surface area contributed by atoms with Gasteiger partial charge in [0.1, 0.15) is 17.0 Å². The maximum Gasteiger partial charge on any atom is 0.286 e. The fourth-order valence-corrected chi connectivity index (χ4v) is 2.34. The maximum absolute atomic E-state index is 12.4. The highest BCUT2D eigenvalue weighted by molar-refractivity contribution is 6.13. The van der Waals surface area contributed by atoms with Gasteiger partial charge in [-0.15, -0.1) is 0 Å². The molecular weight excluding hydrogens is 284 g/mol. The average molecular weight is 298 g/mol. The van der Waals surface area contributed by atoms with Gasteiger partial charge >= 0.3 is 0 Å². The van der Waals surface area contributed by atoms with Crippen molar-refractivity contribution in [1.29, 1.82) is 0 Å². The summed E-state index contributed by atoms with van der Waals surface area (Å²) in [6.45, 7) is 1.79. The molecule has 2 heterocycles. The molecule has 0 radical (unpaired) electrons. The molecule has 0 spiro atoms. The number of para-hydroxylation sites is 1. The van der Waals surface area contributed by atoms with E-state index in [9.17, 15) is 9.59 Å². The highest BCUT2D eigenvalue weighted by Gasteiger charge is 2.22. The lowest BCUT2D eigenvalue weighted by atomic mass is 10.2. The molecule has 112 valence electrons. The number of amides is 2. The van der Waals surface area contributed by atoms with Crippen LogP contribution in [-0.4, -0.2) is 21.6 Å². The van der Waals surface area contributed by atoms with Gasteiger partial charge in [-0.3, -0.25) is 14.3 Å². The molecule has 7 nitrogen and oxygen atoms in total. The molecular formula is C15H14N4O3. The van der Waals surface area contributed by atoms with Crippen molar-refractivity contribution in [2.75, 3.05) is 5.32 Å². The number of fused-ring (bicyclic) bond motifs is 1. The number of rotatable bonds is 3. The Hall–Kier alpha value is -3.09. The van der Waals surface area contributed by atoms with E-state index >= 15 is 0 Å². The predicted octanol–water partition coefficient (Wildman–Crippen LogP) is 1.83. The minimum absolute atomic E-state index is 0.0755. The van der Waals surface area contributed by atoms with Gasteiger partial charge in [0.05, 0.1) is 5.69 Å². The number of nitrogens with zero attached hydrogens (tertiary/aromatic N) is 2. The molecule has 2 amide bonds. The van der Waals surface area contributed by atoms with Crippen molar-refractivity contribution in [2.24, 2.45) is 12.8 Å². The Balaban J connectivity index is 2.06. The quantitative estimate of drug-likeness (QED) is 0.769. The Morgan fingerprint density at radius 3 is 2.68 bits per heavy atom. The number of anilines is 1. The van der Waals surface area contributed by atoms with E-state index < -0.39 is 11.8 Å². The van der Waals surface area contributed by atoms with Crippen LogP contribution in [0, 0.1) is 6.92 Å². The van der Waals surface area contributed by atoms with Crippen LogP contribution in [0.2, 0.25) is 0 Å². The monoisotopic (exact) mass is 298 g/mol. The summed E-state index contributed by atoms with van der Waals surface area (Å²) in [7, 11) is 1.67. The molecule has 0 bridgehead atoms. The van der Waals surface area contributed by atoms with E-state index in [1.54, 1.807) is 44.3 Å². The van der Waals surface area contributed by atoms with Crippen molar-refractivity contribution < 1.29 is 14.0 Å². The third kappa shape index (κ3) is 2.22. The number of hydrogen-bond acceptors (Lipinski definition) is 4. The lowest BCUT2D eigenvalue weighted by Crippen LogP contribution is -2.19. The zero-order valence-corrected chi connectivity index (χ0v) is 12.1. The third-order valence-electron chi connectivity index (χ3n) is 3.29. The van der Waals surface area contributed by atoms with Gasteiger partial charge in [0.15, 0.2) is 0 Å². The van der Waals surface area contributed by atoms with Crippen molar-refractivity contribution >= 4 is 28.5 Å². The molecule has 3 aromatic rings. The molecule has 0 unspecified atom stereocenters. The van der Waals surface area contributed by atoms with E-state index in [0.29, 0.717) is 16.7 Å². The second kappa shape index (κ2) is 5.03. The van der Waals surface area contributed by atoms with Gasteiger partial charge in [0.25, 0.3) is 11.8 Å². The standard InChI is InChI=1S/C15H14N4O3/c1-8-7-10(19(2)18-8)15(21)17-12-9-5-3-4-6-11(9)22-13(12)14(16)20/h3-7H,1-2H3,(H2,16,20)(H,17,21). The lowest BCUT2D eigenvalue weighted by molar-refractivity contribution is 0.0977. The number of carbonyl (C=O) groups is 2. The molecule has 0 atom stereocenters. The highest BCUT2D eigenvalue weighted by atomic mass is 16.3. The van der Waals surface area contributed by atoms with Crippen LogP contribution in [0.4, 0.5) is 5.69 Å². The number of benzene rings is 1. The van der Waals surface area contributed by atoms with Gasteiger partial charge in [-0.1, -0.05) is 12.1 Å². The van der Waals surface area contributed by atoms with Gasteiger partial charge in [0, 0.05) is 12.4 Å². The SMILES string of the molecule is Cc1cc(C(=O)Nc2c(C(N)=O)oc3ccccc23)n(C)n1. The fourth-order valence-electron chi connectivity index (χ4n) is 2.34. The first kappa shape index (κ1) is 13.9. The van der Waals surface area contributed by atoms with Crippen LogP contribution in [-0.2, 0) is 7.05 Å². The molecule has 1 aromatic carbocycles. The van der Waals surface area contributed by atoms with Crippen molar-refractivity contribution in [3.63, 3.8) is 0 Å². The van der Waals surface area contributed by atoms with E-state index in [0.717, 1.165) is 5.69 Å². The van der Waals surface area contributed by atoms with Gasteiger partial charge in [-0.25, -0.2) is 0 Å². The summed E-state index contributed by atoms with van der Waals surface area (Å²) in [6, 6.07) is 8.65. The summed E-state index contributed by atoms with van der Waals surface area (Å²) in [4.78, 5) is 23.9. The molecule has 0 saturated heterocycles. The summed E-state index contributed by atoms with van der Waals surface area (Å²) in [5.41, 5.74) is 7.17. The molecule has 0 saturated carbocycles. The van der Waals surface area contributed by atoms with Gasteiger partial charge in [-0.05, 0) is 25.1 Å². The second-order valence-corrected chi connectivity index (χ2v) is 4.92. The Kier molecular flexibility index (Phi) is 3.17.